The average molecular weight is 370 g/mol. The summed E-state index contributed by atoms with van der Waals surface area (Å²) in [6.45, 7) is 9.16. The summed E-state index contributed by atoms with van der Waals surface area (Å²) >= 11 is 0. The van der Waals surface area contributed by atoms with Gasteiger partial charge in [0.25, 0.3) is 0 Å². The van der Waals surface area contributed by atoms with Gasteiger partial charge in [-0.1, -0.05) is 78.9 Å². The molecule has 3 aromatic carbocycles. The van der Waals surface area contributed by atoms with Crippen LogP contribution in [0.3, 0.4) is 0 Å². The van der Waals surface area contributed by atoms with Crippen molar-refractivity contribution in [3.63, 3.8) is 0 Å². The van der Waals surface area contributed by atoms with Gasteiger partial charge in [-0.3, -0.25) is 0 Å². The summed E-state index contributed by atoms with van der Waals surface area (Å²) in [5, 5.41) is 0. The molecule has 0 amide bonds. The second-order valence-corrected chi connectivity index (χ2v) is 7.73. The lowest BCUT2D eigenvalue weighted by Crippen LogP contribution is -2.01. The van der Waals surface area contributed by atoms with E-state index in [1.54, 1.807) is 0 Å². The first kappa shape index (κ1) is 20.1. The maximum Gasteiger partial charge on any atom is -0.00172 e. The Hall–Kier alpha value is -2.64. The molecule has 0 aromatic heterocycles. The summed E-state index contributed by atoms with van der Waals surface area (Å²) in [4.78, 5) is 0. The number of hydrogen-bond donors (Lipinski definition) is 1. The van der Waals surface area contributed by atoms with E-state index in [1.165, 1.54) is 44.5 Å². The average Bonchev–Trinajstić information content (AvgIpc) is 2.69. The van der Waals surface area contributed by atoms with Crippen LogP contribution in [-0.2, 0) is 19.3 Å². The summed E-state index contributed by atoms with van der Waals surface area (Å²) < 4.78 is 0. The predicted octanol–water partition coefficient (Wildman–Crippen LogP) is 6.02. The molecule has 0 radical (unpaired) electrons. The highest BCUT2D eigenvalue weighted by atomic mass is 14.5. The molecule has 0 heterocycles. The van der Waals surface area contributed by atoms with Gasteiger partial charge in [-0.2, -0.15) is 0 Å². The zero-order valence-electron chi connectivity index (χ0n) is 17.2. The largest absolute Gasteiger partial charge is 0.330 e. The van der Waals surface area contributed by atoms with Crippen molar-refractivity contribution in [2.45, 2.75) is 39.5 Å². The van der Waals surface area contributed by atoms with Gasteiger partial charge in [-0.15, -0.1) is 0 Å². The van der Waals surface area contributed by atoms with Gasteiger partial charge in [0.2, 0.25) is 0 Å². The highest BCUT2D eigenvalue weighted by Crippen LogP contribution is 2.22. The Kier molecular flexibility index (Phi) is 6.84. The molecule has 0 unspecified atom stereocenters. The van der Waals surface area contributed by atoms with Gasteiger partial charge in [-0.25, -0.2) is 0 Å². The molecule has 0 bridgehead atoms. The number of aryl methyl sites for hydroxylation is 3. The zero-order chi connectivity index (χ0) is 19.9. The van der Waals surface area contributed by atoms with Crippen LogP contribution in [0.25, 0.3) is 6.08 Å². The second-order valence-electron chi connectivity index (χ2n) is 7.73. The van der Waals surface area contributed by atoms with Gasteiger partial charge in [0.1, 0.15) is 0 Å². The van der Waals surface area contributed by atoms with Gasteiger partial charge in [0, 0.05) is 0 Å². The molecule has 0 aliphatic carbocycles. The molecule has 1 heteroatoms. The first-order valence-electron chi connectivity index (χ1n) is 10.2. The van der Waals surface area contributed by atoms with Crippen LogP contribution >= 0.6 is 0 Å². The van der Waals surface area contributed by atoms with Gasteiger partial charge in [-0.05, 0) is 85.0 Å². The zero-order valence-corrected chi connectivity index (χ0v) is 17.2. The van der Waals surface area contributed by atoms with Crippen molar-refractivity contribution in [3.8, 4) is 0 Å². The molecule has 0 saturated heterocycles. The Morgan fingerprint density at radius 2 is 1.57 bits per heavy atom. The Morgan fingerprint density at radius 3 is 2.29 bits per heavy atom. The third kappa shape index (κ3) is 5.21. The summed E-state index contributed by atoms with van der Waals surface area (Å²) in [5.74, 6) is 0. The monoisotopic (exact) mass is 369 g/mol. The molecule has 0 saturated carbocycles. The Morgan fingerprint density at radius 1 is 0.821 bits per heavy atom. The van der Waals surface area contributed by atoms with Crippen LogP contribution < -0.4 is 5.73 Å². The summed E-state index contributed by atoms with van der Waals surface area (Å²) in [5.41, 5.74) is 16.3. The van der Waals surface area contributed by atoms with Gasteiger partial charge in [0.05, 0.1) is 0 Å². The minimum Gasteiger partial charge on any atom is -0.330 e. The van der Waals surface area contributed by atoms with E-state index in [2.05, 4.69) is 81.1 Å². The van der Waals surface area contributed by atoms with Crippen LogP contribution in [0.5, 0.6) is 0 Å². The molecule has 0 spiro atoms. The van der Waals surface area contributed by atoms with Crippen LogP contribution in [0.4, 0.5) is 0 Å². The lowest BCUT2D eigenvalue weighted by atomic mass is 9.92. The molecular formula is C27H31N. The maximum absolute atomic E-state index is 5.64. The molecule has 144 valence electrons. The summed E-state index contributed by atoms with van der Waals surface area (Å²) in [6, 6.07) is 22.4. The molecule has 3 rings (SSSR count). The quantitative estimate of drug-likeness (QED) is 0.516. The predicted molar refractivity (Wildman–Crippen MR) is 122 cm³/mol. The van der Waals surface area contributed by atoms with E-state index in [4.69, 9.17) is 5.73 Å². The topological polar surface area (TPSA) is 26.0 Å². The van der Waals surface area contributed by atoms with Gasteiger partial charge >= 0.3 is 0 Å². The Labute approximate surface area is 169 Å². The van der Waals surface area contributed by atoms with Crippen LogP contribution in [0.1, 0.15) is 50.9 Å². The van der Waals surface area contributed by atoms with Crippen LogP contribution in [0.15, 0.2) is 67.2 Å². The van der Waals surface area contributed by atoms with Gasteiger partial charge in [0.15, 0.2) is 0 Å². The summed E-state index contributed by atoms with van der Waals surface area (Å²) in [6.07, 6.45) is 5.98. The molecule has 2 N–H and O–H groups in total. The molecular weight excluding hydrogens is 338 g/mol. The Bertz CT molecular complexity index is 952. The van der Waals surface area contributed by atoms with Crippen molar-refractivity contribution in [2.24, 2.45) is 5.73 Å². The number of benzene rings is 3. The number of nitrogens with two attached hydrogens (primary N) is 1. The smallest absolute Gasteiger partial charge is 0.00172 e. The standard InChI is InChI=1S/C27H31N/c1-4-25-18-24(17-23-8-5-7-20(2)15-23)11-13-27(25)19-26-12-10-22(9-6-14-28)16-21(26)3/h4-5,7-8,10-13,15-16,18H,1,6,9,14,17,19,28H2,2-3H3. The third-order valence-corrected chi connectivity index (χ3v) is 5.38. The normalized spacial score (nSPS) is 10.8. The first-order chi connectivity index (χ1) is 13.6. The van der Waals surface area contributed by atoms with E-state index in [-0.39, 0.29) is 0 Å². The Balaban J connectivity index is 1.78. The van der Waals surface area contributed by atoms with Gasteiger partial charge < -0.3 is 5.73 Å². The highest BCUT2D eigenvalue weighted by Gasteiger charge is 2.07. The number of hydrogen-bond acceptors (Lipinski definition) is 1. The van der Waals surface area contributed by atoms with E-state index < -0.39 is 0 Å². The van der Waals surface area contributed by atoms with Crippen molar-refractivity contribution in [3.05, 3.63) is 112 Å². The van der Waals surface area contributed by atoms with Crippen LogP contribution in [0, 0.1) is 13.8 Å². The molecule has 0 aliphatic heterocycles. The molecule has 0 aliphatic rings. The van der Waals surface area contributed by atoms with Crippen molar-refractivity contribution in [2.75, 3.05) is 6.54 Å². The van der Waals surface area contributed by atoms with Crippen molar-refractivity contribution >= 4 is 6.08 Å². The highest BCUT2D eigenvalue weighted by molar-refractivity contribution is 5.55. The van der Waals surface area contributed by atoms with E-state index in [0.717, 1.165) is 32.2 Å². The fraction of sp³-hybridized carbons (Fsp3) is 0.259. The van der Waals surface area contributed by atoms with Crippen molar-refractivity contribution < 1.29 is 0 Å². The minimum absolute atomic E-state index is 0.748. The lowest BCUT2D eigenvalue weighted by molar-refractivity contribution is 0.831. The van der Waals surface area contributed by atoms with Crippen LogP contribution in [-0.4, -0.2) is 6.54 Å². The van der Waals surface area contributed by atoms with E-state index >= 15 is 0 Å². The third-order valence-electron chi connectivity index (χ3n) is 5.38. The van der Waals surface area contributed by atoms with E-state index in [1.807, 2.05) is 6.08 Å². The molecule has 1 nitrogen and oxygen atoms in total. The summed E-state index contributed by atoms with van der Waals surface area (Å²) in [7, 11) is 0. The lowest BCUT2D eigenvalue weighted by Gasteiger charge is -2.13. The maximum atomic E-state index is 5.64. The van der Waals surface area contributed by atoms with E-state index in [9.17, 15) is 0 Å². The molecule has 3 aromatic rings. The van der Waals surface area contributed by atoms with Crippen molar-refractivity contribution in [1.82, 2.24) is 0 Å². The minimum atomic E-state index is 0.748. The molecule has 28 heavy (non-hydrogen) atoms. The molecule has 0 fully saturated rings. The molecule has 0 atom stereocenters. The van der Waals surface area contributed by atoms with Crippen molar-refractivity contribution in [1.29, 1.82) is 0 Å². The fourth-order valence-electron chi connectivity index (χ4n) is 3.79. The SMILES string of the molecule is C=Cc1cc(Cc2cccc(C)c2)ccc1Cc1ccc(CCCN)cc1C. The second kappa shape index (κ2) is 9.52. The van der Waals surface area contributed by atoms with Crippen LogP contribution in [0.2, 0.25) is 0 Å². The number of rotatable bonds is 8. The first-order valence-corrected chi connectivity index (χ1v) is 10.2. The fourth-order valence-corrected chi connectivity index (χ4v) is 3.79. The van der Waals surface area contributed by atoms with E-state index in [0.29, 0.717) is 0 Å².